The smallest absolute Gasteiger partial charge is 0.333 e. The van der Waals surface area contributed by atoms with E-state index in [2.05, 4.69) is 10.3 Å². The fraction of sp³-hybridized carbons (Fsp3) is 0.143. The normalized spacial score (nSPS) is 11.4. The van der Waals surface area contributed by atoms with Crippen molar-refractivity contribution in [2.45, 2.75) is 0 Å². The number of thioether (sulfide) groups is 1. The maximum atomic E-state index is 13.8. The highest BCUT2D eigenvalue weighted by atomic mass is 35.5. The summed E-state index contributed by atoms with van der Waals surface area (Å²) in [6.45, 7) is 0. The van der Waals surface area contributed by atoms with Crippen molar-refractivity contribution in [2.75, 3.05) is 11.1 Å². The van der Waals surface area contributed by atoms with Crippen LogP contribution in [0, 0.1) is 5.82 Å². The second-order valence-electron chi connectivity index (χ2n) is 6.61. The van der Waals surface area contributed by atoms with Gasteiger partial charge < -0.3 is 10.4 Å². The van der Waals surface area contributed by atoms with Crippen LogP contribution in [0.3, 0.4) is 0 Å². The summed E-state index contributed by atoms with van der Waals surface area (Å²) in [6.07, 6.45) is 0. The molecule has 8 nitrogen and oxygen atoms in total. The lowest BCUT2D eigenvalue weighted by Gasteiger charge is -2.12. The molecule has 0 aliphatic rings. The Kier molecular flexibility index (Phi) is 7.16. The predicted molar refractivity (Wildman–Crippen MR) is 124 cm³/mol. The molecule has 1 heterocycles. The number of para-hydroxylation sites is 1. The first kappa shape index (κ1) is 23.3. The molecule has 3 rings (SSSR count). The summed E-state index contributed by atoms with van der Waals surface area (Å²) < 4.78 is 15.5. The molecular weight excluding hydrogens is 459 g/mol. The number of hydrogen-bond acceptors (Lipinski definition) is 6. The maximum Gasteiger partial charge on any atom is 0.333 e. The molecular formula is C21H18ClFN4O4S. The summed E-state index contributed by atoms with van der Waals surface area (Å²) in [5, 5.41) is 13.4. The minimum absolute atomic E-state index is 0.00436. The molecule has 2 aromatic carbocycles. The minimum Gasteiger partial charge on any atom is -0.494 e. The van der Waals surface area contributed by atoms with Gasteiger partial charge in [-0.3, -0.25) is 18.7 Å². The number of benzene rings is 2. The third-order valence-corrected chi connectivity index (χ3v) is 5.62. The van der Waals surface area contributed by atoms with Gasteiger partial charge in [0.15, 0.2) is 0 Å². The zero-order valence-corrected chi connectivity index (χ0v) is 18.6. The van der Waals surface area contributed by atoms with E-state index in [1.807, 2.05) is 0 Å². The number of carbonyl (C=O) groups excluding carboxylic acids is 1. The molecule has 11 heteroatoms. The number of aromatic nitrogens is 2. The molecule has 3 aromatic rings. The molecule has 0 radical (unpaired) electrons. The van der Waals surface area contributed by atoms with E-state index < -0.39 is 28.9 Å². The van der Waals surface area contributed by atoms with E-state index >= 15 is 0 Å². The number of carbonyl (C=O) groups is 1. The second kappa shape index (κ2) is 9.84. The van der Waals surface area contributed by atoms with Crippen molar-refractivity contribution in [3.63, 3.8) is 0 Å². The lowest BCUT2D eigenvalue weighted by molar-refractivity contribution is -0.113. The number of nitrogens with zero attached hydrogens (tertiary/aromatic N) is 3. The van der Waals surface area contributed by atoms with Crippen molar-refractivity contribution in [1.82, 2.24) is 9.13 Å². The summed E-state index contributed by atoms with van der Waals surface area (Å²) in [4.78, 5) is 41.6. The van der Waals surface area contributed by atoms with Crippen molar-refractivity contribution >= 4 is 45.7 Å². The third-order valence-electron chi connectivity index (χ3n) is 4.39. The van der Waals surface area contributed by atoms with E-state index in [4.69, 9.17) is 11.6 Å². The number of amides is 1. The topological polar surface area (TPSA) is 106 Å². The fourth-order valence-electron chi connectivity index (χ4n) is 2.70. The van der Waals surface area contributed by atoms with Crippen LogP contribution in [0.15, 0.2) is 63.1 Å². The molecule has 0 saturated carbocycles. The van der Waals surface area contributed by atoms with Crippen LogP contribution in [0.5, 0.6) is 5.88 Å². The molecule has 1 aromatic heterocycles. The van der Waals surface area contributed by atoms with Crippen molar-refractivity contribution in [3.8, 4) is 5.88 Å². The quantitative estimate of drug-likeness (QED) is 0.435. The SMILES string of the molecule is Cn1c(O)c(C(=Nc2ccc(Cl)cc2)SCC(=O)Nc2ccccc2F)c(=O)n(C)c1=O. The van der Waals surface area contributed by atoms with E-state index in [0.29, 0.717) is 10.7 Å². The first-order chi connectivity index (χ1) is 15.2. The third kappa shape index (κ3) is 5.09. The van der Waals surface area contributed by atoms with Crippen molar-refractivity contribution in [2.24, 2.45) is 19.1 Å². The molecule has 0 fully saturated rings. The monoisotopic (exact) mass is 476 g/mol. The Bertz CT molecular complexity index is 1320. The molecule has 32 heavy (non-hydrogen) atoms. The number of halogens is 2. The van der Waals surface area contributed by atoms with Gasteiger partial charge in [-0.25, -0.2) is 14.2 Å². The Labute approximate surface area is 191 Å². The van der Waals surface area contributed by atoms with E-state index in [1.165, 1.54) is 32.3 Å². The van der Waals surface area contributed by atoms with Gasteiger partial charge in [-0.05, 0) is 36.4 Å². The lowest BCUT2D eigenvalue weighted by Crippen LogP contribution is -2.39. The highest BCUT2D eigenvalue weighted by Crippen LogP contribution is 2.24. The van der Waals surface area contributed by atoms with E-state index in [-0.39, 0.29) is 22.0 Å². The summed E-state index contributed by atoms with van der Waals surface area (Å²) >= 11 is 6.75. The van der Waals surface area contributed by atoms with E-state index in [0.717, 1.165) is 20.9 Å². The number of nitrogens with one attached hydrogen (secondary N) is 1. The van der Waals surface area contributed by atoms with E-state index in [1.54, 1.807) is 30.3 Å². The molecule has 0 saturated heterocycles. The predicted octanol–water partition coefficient (Wildman–Crippen LogP) is 3.03. The van der Waals surface area contributed by atoms with E-state index in [9.17, 15) is 23.9 Å². The molecule has 0 spiro atoms. The molecule has 0 aliphatic heterocycles. The fourth-order valence-corrected chi connectivity index (χ4v) is 3.66. The molecule has 0 atom stereocenters. The molecule has 0 unspecified atom stereocenters. The standard InChI is InChI=1S/C21H18ClFN4O4S/c1-26-19(29)17(20(30)27(2)21(26)31)18(24-13-9-7-12(22)8-10-13)32-11-16(28)25-15-6-4-3-5-14(15)23/h3-10,29H,11H2,1-2H3,(H,25,28). The summed E-state index contributed by atoms with van der Waals surface area (Å²) in [6, 6.07) is 12.0. The number of rotatable bonds is 5. The highest BCUT2D eigenvalue weighted by molar-refractivity contribution is 8.15. The first-order valence-corrected chi connectivity index (χ1v) is 10.6. The van der Waals surface area contributed by atoms with Gasteiger partial charge in [0, 0.05) is 19.1 Å². The maximum absolute atomic E-state index is 13.8. The number of aliphatic imine (C=N–C) groups is 1. The van der Waals surface area contributed by atoms with Crippen LogP contribution in [0.25, 0.3) is 0 Å². The second-order valence-corrected chi connectivity index (χ2v) is 8.01. The van der Waals surface area contributed by atoms with Crippen LogP contribution in [0.1, 0.15) is 5.56 Å². The molecule has 166 valence electrons. The molecule has 2 N–H and O–H groups in total. The largest absolute Gasteiger partial charge is 0.494 e. The van der Waals surface area contributed by atoms with Crippen LogP contribution < -0.4 is 16.6 Å². The highest BCUT2D eigenvalue weighted by Gasteiger charge is 2.22. The number of anilines is 1. The summed E-state index contributed by atoms with van der Waals surface area (Å²) in [5.74, 6) is -1.98. The Morgan fingerprint density at radius 3 is 2.44 bits per heavy atom. The Morgan fingerprint density at radius 2 is 1.78 bits per heavy atom. The first-order valence-electron chi connectivity index (χ1n) is 9.20. The van der Waals surface area contributed by atoms with Crippen molar-refractivity contribution in [1.29, 1.82) is 0 Å². The van der Waals surface area contributed by atoms with Gasteiger partial charge in [-0.2, -0.15) is 0 Å². The van der Waals surface area contributed by atoms with Crippen LogP contribution in [0.4, 0.5) is 15.8 Å². The van der Waals surface area contributed by atoms with Gasteiger partial charge in [-0.1, -0.05) is 35.5 Å². The number of hydrogen-bond donors (Lipinski definition) is 2. The Morgan fingerprint density at radius 1 is 1.12 bits per heavy atom. The molecule has 1 amide bonds. The van der Waals surface area contributed by atoms with Crippen LogP contribution in [0.2, 0.25) is 5.02 Å². The van der Waals surface area contributed by atoms with Gasteiger partial charge in [0.25, 0.3) is 5.56 Å². The van der Waals surface area contributed by atoms with Gasteiger partial charge in [0.2, 0.25) is 11.8 Å². The molecule has 0 bridgehead atoms. The van der Waals surface area contributed by atoms with Crippen LogP contribution in [-0.4, -0.2) is 30.9 Å². The Hall–Kier alpha value is -3.37. The zero-order chi connectivity index (χ0) is 23.4. The van der Waals surface area contributed by atoms with Crippen molar-refractivity contribution < 1.29 is 14.3 Å². The van der Waals surface area contributed by atoms with Crippen LogP contribution in [-0.2, 0) is 18.9 Å². The van der Waals surface area contributed by atoms with Crippen molar-refractivity contribution in [3.05, 3.63) is 85.8 Å². The average molecular weight is 477 g/mol. The minimum atomic E-state index is -0.777. The summed E-state index contributed by atoms with van der Waals surface area (Å²) in [5.41, 5.74) is -1.32. The van der Waals surface area contributed by atoms with Gasteiger partial charge in [0.1, 0.15) is 16.4 Å². The Balaban J connectivity index is 1.99. The number of aromatic hydroxyl groups is 1. The van der Waals surface area contributed by atoms with Gasteiger partial charge in [-0.15, -0.1) is 0 Å². The van der Waals surface area contributed by atoms with Crippen LogP contribution >= 0.6 is 23.4 Å². The van der Waals surface area contributed by atoms with Gasteiger partial charge in [0.05, 0.1) is 17.1 Å². The van der Waals surface area contributed by atoms with Gasteiger partial charge >= 0.3 is 5.69 Å². The zero-order valence-electron chi connectivity index (χ0n) is 17.0. The molecule has 0 aliphatic carbocycles. The lowest BCUT2D eigenvalue weighted by atomic mass is 10.3. The average Bonchev–Trinajstić information content (AvgIpc) is 2.77. The summed E-state index contributed by atoms with van der Waals surface area (Å²) in [7, 11) is 2.57.